The van der Waals surface area contributed by atoms with Gasteiger partial charge in [-0.1, -0.05) is 0 Å². The first-order valence-corrected chi connectivity index (χ1v) is 4.32. The second-order valence-corrected chi connectivity index (χ2v) is 3.20. The highest BCUT2D eigenvalue weighted by atomic mass is 16.5. The molecule has 3 nitrogen and oxygen atoms in total. The molecule has 14 heavy (non-hydrogen) atoms. The number of ether oxygens (including phenoxy) is 1. The van der Waals surface area contributed by atoms with E-state index in [9.17, 15) is 0 Å². The third kappa shape index (κ3) is 1.21. The lowest BCUT2D eigenvalue weighted by Crippen LogP contribution is -1.85. The van der Waals surface area contributed by atoms with Crippen LogP contribution in [0, 0.1) is 18.3 Å². The maximum atomic E-state index is 8.94. The molecule has 0 aliphatic rings. The molecule has 0 aliphatic carbocycles. The van der Waals surface area contributed by atoms with Crippen molar-refractivity contribution in [3.05, 3.63) is 29.5 Å². The highest BCUT2D eigenvalue weighted by molar-refractivity contribution is 5.87. The average molecular weight is 186 g/mol. The van der Waals surface area contributed by atoms with Crippen molar-refractivity contribution in [2.45, 2.75) is 6.92 Å². The van der Waals surface area contributed by atoms with E-state index in [1.54, 1.807) is 13.2 Å². The standard InChI is InChI=1S/C11H10N2O/c1-7-3-8-4-10(14-2)5-9(6-12)11(8)13-7/h3-5,13H,1-2H3. The minimum atomic E-state index is 0.618. The van der Waals surface area contributed by atoms with Crippen molar-refractivity contribution in [2.75, 3.05) is 7.11 Å². The van der Waals surface area contributed by atoms with Crippen LogP contribution < -0.4 is 4.74 Å². The molecule has 0 radical (unpaired) electrons. The maximum Gasteiger partial charge on any atom is 0.120 e. The van der Waals surface area contributed by atoms with Crippen molar-refractivity contribution in [3.63, 3.8) is 0 Å². The van der Waals surface area contributed by atoms with Crippen LogP contribution in [-0.2, 0) is 0 Å². The monoisotopic (exact) mass is 186 g/mol. The summed E-state index contributed by atoms with van der Waals surface area (Å²) < 4.78 is 5.11. The van der Waals surface area contributed by atoms with Gasteiger partial charge in [0, 0.05) is 17.1 Å². The van der Waals surface area contributed by atoms with E-state index in [4.69, 9.17) is 10.00 Å². The molecule has 1 aromatic heterocycles. The van der Waals surface area contributed by atoms with E-state index in [-0.39, 0.29) is 0 Å². The SMILES string of the molecule is COc1cc(C#N)c2[nH]c(C)cc2c1. The Morgan fingerprint density at radius 1 is 1.36 bits per heavy atom. The second-order valence-electron chi connectivity index (χ2n) is 3.20. The van der Waals surface area contributed by atoms with Gasteiger partial charge in [0.1, 0.15) is 11.8 Å². The van der Waals surface area contributed by atoms with E-state index < -0.39 is 0 Å². The Labute approximate surface area is 81.9 Å². The highest BCUT2D eigenvalue weighted by Gasteiger charge is 2.06. The summed E-state index contributed by atoms with van der Waals surface area (Å²) in [6.45, 7) is 1.97. The molecule has 0 saturated heterocycles. The molecule has 0 bridgehead atoms. The number of aromatic amines is 1. The van der Waals surface area contributed by atoms with Gasteiger partial charge in [0.2, 0.25) is 0 Å². The van der Waals surface area contributed by atoms with Crippen LogP contribution in [0.1, 0.15) is 11.3 Å². The van der Waals surface area contributed by atoms with Crippen LogP contribution in [0.5, 0.6) is 5.75 Å². The number of rotatable bonds is 1. The van der Waals surface area contributed by atoms with Gasteiger partial charge >= 0.3 is 0 Å². The normalized spacial score (nSPS) is 10.1. The molecule has 0 unspecified atom stereocenters. The number of methoxy groups -OCH3 is 1. The van der Waals surface area contributed by atoms with Crippen LogP contribution in [0.15, 0.2) is 18.2 Å². The largest absolute Gasteiger partial charge is 0.497 e. The van der Waals surface area contributed by atoms with Gasteiger partial charge in [-0.05, 0) is 19.1 Å². The van der Waals surface area contributed by atoms with Gasteiger partial charge in [0.15, 0.2) is 0 Å². The third-order valence-electron chi connectivity index (χ3n) is 2.19. The summed E-state index contributed by atoms with van der Waals surface area (Å²) in [7, 11) is 1.60. The Morgan fingerprint density at radius 3 is 2.79 bits per heavy atom. The first-order chi connectivity index (χ1) is 6.74. The maximum absolute atomic E-state index is 8.94. The Bertz CT molecular complexity index is 520. The molecule has 0 amide bonds. The number of H-pyrrole nitrogens is 1. The first-order valence-electron chi connectivity index (χ1n) is 4.32. The van der Waals surface area contributed by atoms with E-state index in [1.165, 1.54) is 0 Å². The van der Waals surface area contributed by atoms with Crippen LogP contribution in [0.3, 0.4) is 0 Å². The molecule has 2 rings (SSSR count). The smallest absolute Gasteiger partial charge is 0.120 e. The average Bonchev–Trinajstić information content (AvgIpc) is 2.56. The molecule has 1 N–H and O–H groups in total. The van der Waals surface area contributed by atoms with E-state index >= 15 is 0 Å². The number of nitrogens with zero attached hydrogens (tertiary/aromatic N) is 1. The molecule has 2 aromatic rings. The molecule has 0 fully saturated rings. The number of hydrogen-bond acceptors (Lipinski definition) is 2. The van der Waals surface area contributed by atoms with Crippen LogP contribution in [0.2, 0.25) is 0 Å². The Hall–Kier alpha value is -1.95. The van der Waals surface area contributed by atoms with E-state index in [0.29, 0.717) is 11.3 Å². The van der Waals surface area contributed by atoms with Crippen molar-refractivity contribution in [3.8, 4) is 11.8 Å². The van der Waals surface area contributed by atoms with Crippen molar-refractivity contribution in [2.24, 2.45) is 0 Å². The van der Waals surface area contributed by atoms with Crippen molar-refractivity contribution >= 4 is 10.9 Å². The number of benzene rings is 1. The van der Waals surface area contributed by atoms with Crippen LogP contribution in [0.25, 0.3) is 10.9 Å². The minimum absolute atomic E-state index is 0.618. The molecule has 70 valence electrons. The van der Waals surface area contributed by atoms with E-state index in [0.717, 1.165) is 16.6 Å². The van der Waals surface area contributed by atoms with Crippen LogP contribution >= 0.6 is 0 Å². The summed E-state index contributed by atoms with van der Waals surface area (Å²) in [5.74, 6) is 0.716. The summed E-state index contributed by atoms with van der Waals surface area (Å²) >= 11 is 0. The quantitative estimate of drug-likeness (QED) is 0.743. The minimum Gasteiger partial charge on any atom is -0.497 e. The predicted molar refractivity (Wildman–Crippen MR) is 54.3 cm³/mol. The Kier molecular flexibility index (Phi) is 1.90. The zero-order valence-corrected chi connectivity index (χ0v) is 8.09. The zero-order valence-electron chi connectivity index (χ0n) is 8.09. The molecular weight excluding hydrogens is 176 g/mol. The number of nitrogens with one attached hydrogen (secondary N) is 1. The Morgan fingerprint density at radius 2 is 2.14 bits per heavy atom. The van der Waals surface area contributed by atoms with Crippen molar-refractivity contribution < 1.29 is 4.74 Å². The molecule has 1 aromatic carbocycles. The fraction of sp³-hybridized carbons (Fsp3) is 0.182. The molecule has 1 heterocycles. The molecule has 0 spiro atoms. The number of nitriles is 1. The fourth-order valence-electron chi connectivity index (χ4n) is 1.56. The van der Waals surface area contributed by atoms with E-state index in [2.05, 4.69) is 11.1 Å². The van der Waals surface area contributed by atoms with Gasteiger partial charge in [-0.15, -0.1) is 0 Å². The fourth-order valence-corrected chi connectivity index (χ4v) is 1.56. The number of fused-ring (bicyclic) bond motifs is 1. The Balaban J connectivity index is 2.80. The summed E-state index contributed by atoms with van der Waals surface area (Å²) in [4.78, 5) is 3.15. The van der Waals surface area contributed by atoms with Crippen molar-refractivity contribution in [1.29, 1.82) is 5.26 Å². The van der Waals surface area contributed by atoms with Crippen LogP contribution in [0.4, 0.5) is 0 Å². The summed E-state index contributed by atoms with van der Waals surface area (Å²) in [6, 6.07) is 7.80. The second kappa shape index (κ2) is 3.08. The van der Waals surface area contributed by atoms with Crippen LogP contribution in [-0.4, -0.2) is 12.1 Å². The van der Waals surface area contributed by atoms with Gasteiger partial charge in [-0.25, -0.2) is 0 Å². The summed E-state index contributed by atoms with van der Waals surface area (Å²) in [5, 5.41) is 9.95. The summed E-state index contributed by atoms with van der Waals surface area (Å²) in [5.41, 5.74) is 2.54. The number of hydrogen-bond donors (Lipinski definition) is 1. The van der Waals surface area contributed by atoms with E-state index in [1.807, 2.05) is 19.1 Å². The third-order valence-corrected chi connectivity index (χ3v) is 2.19. The molecule has 0 atom stereocenters. The van der Waals surface area contributed by atoms with Gasteiger partial charge in [-0.2, -0.15) is 5.26 Å². The molecule has 3 heteroatoms. The van der Waals surface area contributed by atoms with Gasteiger partial charge < -0.3 is 9.72 Å². The lowest BCUT2D eigenvalue weighted by Gasteiger charge is -2.00. The predicted octanol–water partition coefficient (Wildman–Crippen LogP) is 2.36. The van der Waals surface area contributed by atoms with Gasteiger partial charge in [0.05, 0.1) is 18.2 Å². The molecule has 0 aliphatic heterocycles. The van der Waals surface area contributed by atoms with Gasteiger partial charge in [-0.3, -0.25) is 0 Å². The number of aryl methyl sites for hydroxylation is 1. The van der Waals surface area contributed by atoms with Crippen molar-refractivity contribution in [1.82, 2.24) is 4.98 Å². The zero-order chi connectivity index (χ0) is 10.1. The topological polar surface area (TPSA) is 48.8 Å². The lowest BCUT2D eigenvalue weighted by molar-refractivity contribution is 0.415. The van der Waals surface area contributed by atoms with Gasteiger partial charge in [0.25, 0.3) is 0 Å². The lowest BCUT2D eigenvalue weighted by atomic mass is 10.1. The highest BCUT2D eigenvalue weighted by Crippen LogP contribution is 2.24. The summed E-state index contributed by atoms with van der Waals surface area (Å²) in [6.07, 6.45) is 0. The first kappa shape index (κ1) is 8.64. The molecule has 0 saturated carbocycles. The molecular formula is C11H10N2O. The number of aromatic nitrogens is 1.